The van der Waals surface area contributed by atoms with E-state index in [-0.39, 0.29) is 6.10 Å². The Morgan fingerprint density at radius 3 is 2.53 bits per heavy atom. The van der Waals surface area contributed by atoms with Gasteiger partial charge in [-0.25, -0.2) is 0 Å². The van der Waals surface area contributed by atoms with Gasteiger partial charge in [-0.3, -0.25) is 0 Å². The Hall–Kier alpha value is -0.0400. The van der Waals surface area contributed by atoms with E-state index < -0.39 is 0 Å². The molecule has 2 saturated carbocycles. The molecular weight excluding hydrogens is 232 g/mol. The van der Waals surface area contributed by atoms with Gasteiger partial charge in [-0.1, -0.05) is 53.4 Å². The molecule has 0 amide bonds. The molecule has 1 unspecified atom stereocenters. The summed E-state index contributed by atoms with van der Waals surface area (Å²) in [4.78, 5) is 0. The molecule has 0 aromatic heterocycles. The van der Waals surface area contributed by atoms with Crippen LogP contribution in [0.3, 0.4) is 0 Å². The molecule has 1 heteroatoms. The van der Waals surface area contributed by atoms with E-state index in [1.54, 1.807) is 0 Å². The van der Waals surface area contributed by atoms with Crippen molar-refractivity contribution in [2.45, 2.75) is 85.2 Å². The van der Waals surface area contributed by atoms with Crippen LogP contribution in [-0.4, -0.2) is 11.2 Å². The van der Waals surface area contributed by atoms with Gasteiger partial charge in [-0.2, -0.15) is 0 Å². The van der Waals surface area contributed by atoms with Crippen molar-refractivity contribution in [3.05, 3.63) is 0 Å². The highest BCUT2D eigenvalue weighted by molar-refractivity contribution is 5.01. The number of hydrogen-bond acceptors (Lipinski definition) is 1. The quantitative estimate of drug-likeness (QED) is 0.740. The van der Waals surface area contributed by atoms with Crippen molar-refractivity contribution >= 4 is 0 Å². The highest BCUT2D eigenvalue weighted by atomic mass is 16.3. The number of rotatable bonds is 5. The first-order valence-electron chi connectivity index (χ1n) is 8.63. The maximum atomic E-state index is 10.3. The van der Waals surface area contributed by atoms with Crippen molar-refractivity contribution in [2.75, 3.05) is 0 Å². The minimum atomic E-state index is -0.00776. The number of aliphatic hydroxyl groups is 1. The van der Waals surface area contributed by atoms with Gasteiger partial charge in [0.15, 0.2) is 0 Å². The summed E-state index contributed by atoms with van der Waals surface area (Å²) in [6, 6.07) is 0. The Morgan fingerprint density at radius 2 is 1.84 bits per heavy atom. The van der Waals surface area contributed by atoms with Crippen LogP contribution in [0.5, 0.6) is 0 Å². The lowest BCUT2D eigenvalue weighted by Crippen LogP contribution is -2.41. The van der Waals surface area contributed by atoms with Crippen LogP contribution in [0.2, 0.25) is 0 Å². The summed E-state index contributed by atoms with van der Waals surface area (Å²) in [5.41, 5.74) is 0.439. The van der Waals surface area contributed by atoms with E-state index in [0.29, 0.717) is 11.3 Å². The zero-order valence-electron chi connectivity index (χ0n) is 13.5. The molecule has 0 heterocycles. The fourth-order valence-electron chi connectivity index (χ4n) is 5.17. The molecule has 1 N–H and O–H groups in total. The van der Waals surface area contributed by atoms with E-state index >= 15 is 0 Å². The highest BCUT2D eigenvalue weighted by Gasteiger charge is 2.51. The van der Waals surface area contributed by atoms with Crippen molar-refractivity contribution in [1.29, 1.82) is 0 Å². The molecule has 112 valence electrons. The molecule has 0 aromatic rings. The van der Waals surface area contributed by atoms with Gasteiger partial charge in [0.1, 0.15) is 0 Å². The van der Waals surface area contributed by atoms with Crippen LogP contribution in [0, 0.1) is 29.1 Å². The summed E-state index contributed by atoms with van der Waals surface area (Å²) in [5, 5.41) is 10.3. The second-order valence-corrected chi connectivity index (χ2v) is 8.06. The average molecular weight is 266 g/mol. The Kier molecular flexibility index (Phi) is 4.98. The summed E-state index contributed by atoms with van der Waals surface area (Å²) in [7, 11) is 0. The summed E-state index contributed by atoms with van der Waals surface area (Å²) < 4.78 is 0. The normalized spacial score (nSPS) is 40.4. The topological polar surface area (TPSA) is 20.2 Å². The molecule has 0 spiro atoms. The van der Waals surface area contributed by atoms with Crippen molar-refractivity contribution in [2.24, 2.45) is 29.1 Å². The predicted molar refractivity (Wildman–Crippen MR) is 82.0 cm³/mol. The van der Waals surface area contributed by atoms with E-state index in [9.17, 15) is 5.11 Å². The first-order chi connectivity index (χ1) is 8.95. The van der Waals surface area contributed by atoms with E-state index in [0.717, 1.165) is 24.2 Å². The fourth-order valence-corrected chi connectivity index (χ4v) is 5.17. The molecule has 0 radical (unpaired) electrons. The lowest BCUT2D eigenvalue weighted by Gasteiger charge is -2.45. The average Bonchev–Trinajstić information content (AvgIpc) is 2.67. The monoisotopic (exact) mass is 266 g/mol. The zero-order valence-corrected chi connectivity index (χ0v) is 13.5. The summed E-state index contributed by atoms with van der Waals surface area (Å²) in [6.07, 6.45) is 10.4. The van der Waals surface area contributed by atoms with Crippen LogP contribution < -0.4 is 0 Å². The maximum absolute atomic E-state index is 10.3. The summed E-state index contributed by atoms with van der Waals surface area (Å²) in [6.45, 7) is 9.61. The van der Waals surface area contributed by atoms with Crippen LogP contribution >= 0.6 is 0 Å². The molecule has 2 rings (SSSR count). The van der Waals surface area contributed by atoms with Crippen LogP contribution in [-0.2, 0) is 0 Å². The molecule has 2 aliphatic rings. The summed E-state index contributed by atoms with van der Waals surface area (Å²) >= 11 is 0. The van der Waals surface area contributed by atoms with Gasteiger partial charge in [0.25, 0.3) is 0 Å². The van der Waals surface area contributed by atoms with E-state index in [1.165, 1.54) is 44.9 Å². The van der Waals surface area contributed by atoms with Gasteiger partial charge in [0.05, 0.1) is 6.10 Å². The SMILES string of the molecule is CC(C)CCCC(C)[C@H]1CC[C@H]2[C@H](O)CCC[C@]12C. The van der Waals surface area contributed by atoms with Crippen molar-refractivity contribution in [1.82, 2.24) is 0 Å². The Bertz CT molecular complexity index is 285. The highest BCUT2D eigenvalue weighted by Crippen LogP contribution is 2.58. The van der Waals surface area contributed by atoms with Crippen LogP contribution in [0.25, 0.3) is 0 Å². The molecule has 5 atom stereocenters. The second-order valence-electron chi connectivity index (χ2n) is 8.06. The molecule has 0 aromatic carbocycles. The van der Waals surface area contributed by atoms with E-state index in [2.05, 4.69) is 27.7 Å². The van der Waals surface area contributed by atoms with Gasteiger partial charge in [-0.15, -0.1) is 0 Å². The maximum Gasteiger partial charge on any atom is 0.0573 e. The van der Waals surface area contributed by atoms with Crippen LogP contribution in [0.15, 0.2) is 0 Å². The van der Waals surface area contributed by atoms with E-state index in [4.69, 9.17) is 0 Å². The lowest BCUT2D eigenvalue weighted by molar-refractivity contribution is -0.0278. The molecule has 0 saturated heterocycles. The minimum Gasteiger partial charge on any atom is -0.393 e. The first kappa shape index (κ1) is 15.4. The van der Waals surface area contributed by atoms with E-state index in [1.807, 2.05) is 0 Å². The second kappa shape index (κ2) is 6.16. The van der Waals surface area contributed by atoms with Gasteiger partial charge in [0, 0.05) is 0 Å². The molecule has 2 aliphatic carbocycles. The largest absolute Gasteiger partial charge is 0.393 e. The third kappa shape index (κ3) is 3.17. The molecular formula is C18H34O. The third-order valence-corrected chi connectivity index (χ3v) is 6.29. The Morgan fingerprint density at radius 1 is 1.11 bits per heavy atom. The first-order valence-corrected chi connectivity index (χ1v) is 8.63. The van der Waals surface area contributed by atoms with Crippen molar-refractivity contribution < 1.29 is 5.11 Å². The van der Waals surface area contributed by atoms with Gasteiger partial charge in [0.2, 0.25) is 0 Å². The molecule has 0 bridgehead atoms. The minimum absolute atomic E-state index is 0.00776. The third-order valence-electron chi connectivity index (χ3n) is 6.29. The number of hydrogen-bond donors (Lipinski definition) is 1. The van der Waals surface area contributed by atoms with Crippen LogP contribution in [0.1, 0.15) is 79.1 Å². The Labute approximate surface area is 120 Å². The molecule has 19 heavy (non-hydrogen) atoms. The van der Waals surface area contributed by atoms with Gasteiger partial charge < -0.3 is 5.11 Å². The fraction of sp³-hybridized carbons (Fsp3) is 1.00. The smallest absolute Gasteiger partial charge is 0.0573 e. The molecule has 0 aliphatic heterocycles. The Balaban J connectivity index is 1.93. The number of aliphatic hydroxyl groups excluding tert-OH is 1. The van der Waals surface area contributed by atoms with Crippen LogP contribution in [0.4, 0.5) is 0 Å². The number of fused-ring (bicyclic) bond motifs is 1. The van der Waals surface area contributed by atoms with Crippen molar-refractivity contribution in [3.63, 3.8) is 0 Å². The van der Waals surface area contributed by atoms with Crippen molar-refractivity contribution in [3.8, 4) is 0 Å². The zero-order chi connectivity index (χ0) is 14.0. The molecule has 1 nitrogen and oxygen atoms in total. The predicted octanol–water partition coefficient (Wildman–Crippen LogP) is 5.03. The van der Waals surface area contributed by atoms with Gasteiger partial charge >= 0.3 is 0 Å². The van der Waals surface area contributed by atoms with Gasteiger partial charge in [-0.05, 0) is 54.8 Å². The lowest BCUT2D eigenvalue weighted by atomic mass is 9.61. The summed E-state index contributed by atoms with van der Waals surface area (Å²) in [5.74, 6) is 3.15. The standard InChI is InChI=1S/C18H34O/c1-13(2)7-5-8-14(3)15-10-11-16-17(19)9-6-12-18(15,16)4/h13-17,19H,5-12H2,1-4H3/t14?,15-,16+,17-,18-/m1/s1. The molecule has 2 fully saturated rings.